The number of thioether (sulfide) groups is 1. The number of methoxy groups -OCH3 is 1. The Morgan fingerprint density at radius 2 is 1.93 bits per heavy atom. The van der Waals surface area contributed by atoms with Crippen molar-refractivity contribution in [2.75, 3.05) is 12.9 Å². The van der Waals surface area contributed by atoms with E-state index in [1.807, 2.05) is 29.2 Å². The van der Waals surface area contributed by atoms with Crippen LogP contribution in [0.1, 0.15) is 18.4 Å². The summed E-state index contributed by atoms with van der Waals surface area (Å²) >= 11 is 1.27. The van der Waals surface area contributed by atoms with Crippen LogP contribution in [0.4, 0.5) is 0 Å². The molecular formula is C20H20N4O3S. The van der Waals surface area contributed by atoms with E-state index in [9.17, 15) is 4.79 Å². The molecule has 0 bridgehead atoms. The summed E-state index contributed by atoms with van der Waals surface area (Å²) in [6.45, 7) is 0.597. The van der Waals surface area contributed by atoms with Gasteiger partial charge in [-0.2, -0.15) is 0 Å². The highest BCUT2D eigenvalue weighted by molar-refractivity contribution is 7.99. The van der Waals surface area contributed by atoms with Crippen molar-refractivity contribution in [3.05, 3.63) is 54.4 Å². The van der Waals surface area contributed by atoms with E-state index in [1.54, 1.807) is 31.6 Å². The Balaban J connectivity index is 1.36. The first-order valence-electron chi connectivity index (χ1n) is 9.02. The van der Waals surface area contributed by atoms with E-state index in [1.165, 1.54) is 11.8 Å². The van der Waals surface area contributed by atoms with Gasteiger partial charge in [-0.15, -0.1) is 10.2 Å². The molecule has 28 heavy (non-hydrogen) atoms. The first-order chi connectivity index (χ1) is 13.7. The molecule has 0 radical (unpaired) electrons. The fourth-order valence-corrected chi connectivity index (χ4v) is 3.47. The first-order valence-corrected chi connectivity index (χ1v) is 10.0. The monoisotopic (exact) mass is 396 g/mol. The summed E-state index contributed by atoms with van der Waals surface area (Å²) in [5.74, 6) is 1.58. The fraction of sp³-hybridized carbons (Fsp3) is 0.300. The van der Waals surface area contributed by atoms with Crippen LogP contribution in [0.5, 0.6) is 5.75 Å². The van der Waals surface area contributed by atoms with Gasteiger partial charge in [-0.3, -0.25) is 9.78 Å². The molecule has 1 aliphatic carbocycles. The number of carbonyl (C=O) groups excluding carboxylic acids is 1. The van der Waals surface area contributed by atoms with Gasteiger partial charge in [0.1, 0.15) is 5.75 Å². The van der Waals surface area contributed by atoms with Crippen LogP contribution in [0.3, 0.4) is 0 Å². The van der Waals surface area contributed by atoms with Crippen LogP contribution in [0.15, 0.2) is 58.4 Å². The van der Waals surface area contributed by atoms with Crippen molar-refractivity contribution in [2.45, 2.75) is 30.7 Å². The molecule has 7 nitrogen and oxygen atoms in total. The van der Waals surface area contributed by atoms with Gasteiger partial charge in [-0.1, -0.05) is 23.9 Å². The molecule has 0 saturated heterocycles. The summed E-state index contributed by atoms with van der Waals surface area (Å²) in [7, 11) is 1.64. The molecule has 0 aliphatic heterocycles. The second-order valence-corrected chi connectivity index (χ2v) is 7.43. The van der Waals surface area contributed by atoms with Crippen molar-refractivity contribution >= 4 is 17.7 Å². The Kier molecular flexibility index (Phi) is 5.57. The molecule has 4 rings (SSSR count). The Hall–Kier alpha value is -2.87. The Morgan fingerprint density at radius 1 is 1.18 bits per heavy atom. The van der Waals surface area contributed by atoms with E-state index >= 15 is 0 Å². The predicted molar refractivity (Wildman–Crippen MR) is 105 cm³/mol. The minimum atomic E-state index is 0.0759. The first kappa shape index (κ1) is 18.5. The molecule has 1 aromatic carbocycles. The van der Waals surface area contributed by atoms with Gasteiger partial charge in [0.25, 0.3) is 5.22 Å². The number of carbonyl (C=O) groups is 1. The van der Waals surface area contributed by atoms with Crippen LogP contribution in [-0.2, 0) is 11.3 Å². The predicted octanol–water partition coefficient (Wildman–Crippen LogP) is 3.42. The molecule has 8 heteroatoms. The van der Waals surface area contributed by atoms with Crippen LogP contribution >= 0.6 is 11.8 Å². The van der Waals surface area contributed by atoms with E-state index in [0.717, 1.165) is 29.7 Å². The van der Waals surface area contributed by atoms with Crippen molar-refractivity contribution < 1.29 is 13.9 Å². The van der Waals surface area contributed by atoms with Crippen molar-refractivity contribution in [1.29, 1.82) is 0 Å². The maximum atomic E-state index is 12.8. The van der Waals surface area contributed by atoms with Crippen molar-refractivity contribution in [3.8, 4) is 17.2 Å². The molecule has 1 saturated carbocycles. The number of hydrogen-bond donors (Lipinski definition) is 0. The lowest BCUT2D eigenvalue weighted by molar-refractivity contribution is -0.129. The van der Waals surface area contributed by atoms with Gasteiger partial charge in [0.15, 0.2) is 0 Å². The molecule has 3 aromatic rings. The molecule has 2 aromatic heterocycles. The molecule has 0 unspecified atom stereocenters. The summed E-state index contributed by atoms with van der Waals surface area (Å²) in [4.78, 5) is 18.7. The number of nitrogens with zero attached hydrogens (tertiary/aromatic N) is 4. The zero-order chi connectivity index (χ0) is 19.3. The van der Waals surface area contributed by atoms with E-state index < -0.39 is 0 Å². The number of pyridine rings is 1. The standard InChI is InChI=1S/C20H20N4O3S/c1-26-17-6-2-14(3-7-17)12-24(16-4-5-16)18(25)13-28-20-23-22-19(27-20)15-8-10-21-11-9-15/h2-3,6-11,16H,4-5,12-13H2,1H3. The highest BCUT2D eigenvalue weighted by atomic mass is 32.2. The molecule has 144 valence electrons. The van der Waals surface area contributed by atoms with E-state index in [-0.39, 0.29) is 11.7 Å². The van der Waals surface area contributed by atoms with E-state index in [4.69, 9.17) is 9.15 Å². The number of benzene rings is 1. The van der Waals surface area contributed by atoms with Crippen molar-refractivity contribution in [2.24, 2.45) is 0 Å². The average Bonchev–Trinajstić information content (AvgIpc) is 3.48. The number of hydrogen-bond acceptors (Lipinski definition) is 7. The smallest absolute Gasteiger partial charge is 0.277 e. The van der Waals surface area contributed by atoms with Crippen LogP contribution in [0.2, 0.25) is 0 Å². The minimum absolute atomic E-state index is 0.0759. The summed E-state index contributed by atoms with van der Waals surface area (Å²) < 4.78 is 10.8. The second kappa shape index (κ2) is 8.43. The van der Waals surface area contributed by atoms with Gasteiger partial charge in [-0.05, 0) is 42.7 Å². The second-order valence-electron chi connectivity index (χ2n) is 6.50. The highest BCUT2D eigenvalue weighted by Crippen LogP contribution is 2.30. The lowest BCUT2D eigenvalue weighted by atomic mass is 10.2. The zero-order valence-corrected chi connectivity index (χ0v) is 16.3. The molecule has 1 fully saturated rings. The van der Waals surface area contributed by atoms with Gasteiger partial charge in [0.05, 0.1) is 12.9 Å². The summed E-state index contributed by atoms with van der Waals surface area (Å²) in [5.41, 5.74) is 1.89. The maximum Gasteiger partial charge on any atom is 0.277 e. The van der Waals surface area contributed by atoms with Crippen LogP contribution in [-0.4, -0.2) is 44.9 Å². The third-order valence-corrected chi connectivity index (χ3v) is 5.28. The Morgan fingerprint density at radius 3 is 2.61 bits per heavy atom. The van der Waals surface area contributed by atoms with Gasteiger partial charge < -0.3 is 14.1 Å². The molecule has 1 amide bonds. The summed E-state index contributed by atoms with van der Waals surface area (Å²) in [6.07, 6.45) is 5.45. The Bertz CT molecular complexity index is 926. The summed E-state index contributed by atoms with van der Waals surface area (Å²) in [6, 6.07) is 11.7. The molecule has 0 spiro atoms. The quantitative estimate of drug-likeness (QED) is 0.540. The van der Waals surface area contributed by atoms with Gasteiger partial charge in [0.2, 0.25) is 11.8 Å². The normalized spacial score (nSPS) is 13.3. The zero-order valence-electron chi connectivity index (χ0n) is 15.4. The third-order valence-electron chi connectivity index (χ3n) is 4.47. The molecule has 0 N–H and O–H groups in total. The topological polar surface area (TPSA) is 81.4 Å². The van der Waals surface area contributed by atoms with E-state index in [2.05, 4.69) is 15.2 Å². The van der Waals surface area contributed by atoms with Crippen LogP contribution in [0.25, 0.3) is 11.5 Å². The molecule has 0 atom stereocenters. The van der Waals surface area contributed by atoms with Crippen molar-refractivity contribution in [3.63, 3.8) is 0 Å². The number of ether oxygens (including phenoxy) is 1. The minimum Gasteiger partial charge on any atom is -0.497 e. The van der Waals surface area contributed by atoms with Crippen LogP contribution in [0, 0.1) is 0 Å². The Labute approximate surface area is 167 Å². The van der Waals surface area contributed by atoms with Gasteiger partial charge in [-0.25, -0.2) is 0 Å². The molecule has 2 heterocycles. The molecule has 1 aliphatic rings. The molecular weight excluding hydrogens is 376 g/mol. The highest BCUT2D eigenvalue weighted by Gasteiger charge is 2.32. The average molecular weight is 396 g/mol. The lowest BCUT2D eigenvalue weighted by Gasteiger charge is -2.22. The fourth-order valence-electron chi connectivity index (χ4n) is 2.82. The number of rotatable bonds is 8. The van der Waals surface area contributed by atoms with Gasteiger partial charge in [0, 0.05) is 30.5 Å². The third kappa shape index (κ3) is 4.51. The van der Waals surface area contributed by atoms with Gasteiger partial charge >= 0.3 is 0 Å². The maximum absolute atomic E-state index is 12.8. The van der Waals surface area contributed by atoms with Crippen molar-refractivity contribution in [1.82, 2.24) is 20.1 Å². The SMILES string of the molecule is COc1ccc(CN(C(=O)CSc2nnc(-c3ccncc3)o2)C2CC2)cc1. The summed E-state index contributed by atoms with van der Waals surface area (Å²) in [5, 5.41) is 8.46. The largest absolute Gasteiger partial charge is 0.497 e. The lowest BCUT2D eigenvalue weighted by Crippen LogP contribution is -2.33. The van der Waals surface area contributed by atoms with Crippen LogP contribution < -0.4 is 4.74 Å². The van der Waals surface area contributed by atoms with E-state index in [0.29, 0.717) is 23.7 Å². The number of amides is 1. The number of aromatic nitrogens is 3.